The van der Waals surface area contributed by atoms with E-state index in [-0.39, 0.29) is 5.54 Å². The van der Waals surface area contributed by atoms with Gasteiger partial charge in [-0.25, -0.2) is 4.98 Å². The molecule has 0 amide bonds. The van der Waals surface area contributed by atoms with Crippen LogP contribution in [0.1, 0.15) is 61.7 Å². The third-order valence-electron chi connectivity index (χ3n) is 9.95. The zero-order valence-electron chi connectivity index (χ0n) is 23.6. The Morgan fingerprint density at radius 1 is 1.18 bits per heavy atom. The van der Waals surface area contributed by atoms with Gasteiger partial charge in [0.25, 0.3) is 0 Å². The molecule has 8 heteroatoms. The predicted octanol–water partition coefficient (Wildman–Crippen LogP) is 4.10. The molecule has 0 radical (unpaired) electrons. The second-order valence-corrected chi connectivity index (χ2v) is 13.1. The van der Waals surface area contributed by atoms with Crippen molar-refractivity contribution < 1.29 is 0 Å². The summed E-state index contributed by atoms with van der Waals surface area (Å²) >= 11 is 0. The summed E-state index contributed by atoms with van der Waals surface area (Å²) < 4.78 is 4.28. The number of hydrogen-bond acceptors (Lipinski definition) is 6. The second-order valence-electron chi connectivity index (χ2n) is 13.1. The molecule has 0 aromatic carbocycles. The number of fused-ring (bicyclic) bond motifs is 4. The first-order valence-electron chi connectivity index (χ1n) is 14.5. The Hall–Kier alpha value is -2.87. The highest BCUT2D eigenvalue weighted by molar-refractivity contribution is 5.89. The summed E-state index contributed by atoms with van der Waals surface area (Å²) in [5.74, 6) is 0.840. The summed E-state index contributed by atoms with van der Waals surface area (Å²) in [6, 6.07) is 2.22. The molecule has 1 N–H and O–H groups in total. The molecule has 38 heavy (non-hydrogen) atoms. The standard InChI is InChI=1S/C30H42N8/c1-20-14-36(15-20)16-22(3)33-30-9-7-29(18-30,8-10-30)19-38-26-6-11-37(17-25(26)23(4)34-38)27-12-21(2)32-28-24(27)13-31-35(28)5/h12-13,20,33H,3,6-11,14-19H2,1-2,4-5H3. The van der Waals surface area contributed by atoms with Crippen molar-refractivity contribution in [2.75, 3.05) is 31.1 Å². The number of likely N-dealkylation sites (tertiary alicyclic amines) is 1. The molecule has 4 aliphatic rings. The van der Waals surface area contributed by atoms with Gasteiger partial charge in [0.05, 0.1) is 23.0 Å². The molecular formula is C30H42N8. The number of aryl methyl sites for hydroxylation is 3. The van der Waals surface area contributed by atoms with Gasteiger partial charge in [0.15, 0.2) is 5.65 Å². The van der Waals surface area contributed by atoms with E-state index in [0.717, 1.165) is 55.2 Å². The minimum atomic E-state index is 0.251. The van der Waals surface area contributed by atoms with Gasteiger partial charge in [-0.15, -0.1) is 0 Å². The van der Waals surface area contributed by atoms with E-state index < -0.39 is 0 Å². The van der Waals surface area contributed by atoms with Gasteiger partial charge in [-0.1, -0.05) is 13.5 Å². The van der Waals surface area contributed by atoms with Gasteiger partial charge < -0.3 is 10.2 Å². The normalized spacial score (nSPS) is 27.2. The largest absolute Gasteiger partial charge is 0.382 e. The van der Waals surface area contributed by atoms with Crippen LogP contribution in [0.3, 0.4) is 0 Å². The Kier molecular flexibility index (Phi) is 5.45. The number of nitrogens with one attached hydrogen (secondary N) is 1. The molecule has 5 heterocycles. The van der Waals surface area contributed by atoms with Gasteiger partial charge in [-0.2, -0.15) is 10.2 Å². The quantitative estimate of drug-likeness (QED) is 0.512. The van der Waals surface area contributed by atoms with E-state index in [1.807, 2.05) is 17.9 Å². The summed E-state index contributed by atoms with van der Waals surface area (Å²) in [7, 11) is 1.97. The number of aromatic nitrogens is 5. The maximum atomic E-state index is 5.14. The molecular weight excluding hydrogens is 472 g/mol. The Balaban J connectivity index is 1.07. The fourth-order valence-electron chi connectivity index (χ4n) is 8.15. The van der Waals surface area contributed by atoms with Crippen LogP contribution in [0, 0.1) is 25.2 Å². The van der Waals surface area contributed by atoms with Crippen LogP contribution in [0.25, 0.3) is 11.0 Å². The molecule has 2 aliphatic heterocycles. The fourth-order valence-corrected chi connectivity index (χ4v) is 8.15. The number of anilines is 1. The first-order chi connectivity index (χ1) is 18.2. The highest BCUT2D eigenvalue weighted by atomic mass is 15.3. The molecule has 1 saturated heterocycles. The van der Waals surface area contributed by atoms with Crippen molar-refractivity contribution in [3.8, 4) is 0 Å². The second kappa shape index (κ2) is 8.57. The third-order valence-corrected chi connectivity index (χ3v) is 9.95. The molecule has 2 aliphatic carbocycles. The van der Waals surface area contributed by atoms with Crippen LogP contribution in [0.4, 0.5) is 5.69 Å². The first-order valence-corrected chi connectivity index (χ1v) is 14.5. The van der Waals surface area contributed by atoms with Crippen LogP contribution in [0.5, 0.6) is 0 Å². The predicted molar refractivity (Wildman–Crippen MR) is 151 cm³/mol. The molecule has 2 bridgehead atoms. The Bertz CT molecular complexity index is 1400. The van der Waals surface area contributed by atoms with Gasteiger partial charge in [0.1, 0.15) is 0 Å². The van der Waals surface area contributed by atoms with Crippen LogP contribution >= 0.6 is 0 Å². The number of hydrogen-bond donors (Lipinski definition) is 1. The average molecular weight is 515 g/mol. The van der Waals surface area contributed by atoms with Gasteiger partial charge in [-0.05, 0) is 63.4 Å². The molecule has 8 nitrogen and oxygen atoms in total. The van der Waals surface area contributed by atoms with Gasteiger partial charge in [0.2, 0.25) is 0 Å². The summed E-state index contributed by atoms with van der Waals surface area (Å²) in [5.41, 5.74) is 9.13. The first kappa shape index (κ1) is 24.2. The monoisotopic (exact) mass is 514 g/mol. The van der Waals surface area contributed by atoms with E-state index in [0.29, 0.717) is 5.41 Å². The van der Waals surface area contributed by atoms with E-state index in [1.54, 1.807) is 0 Å². The van der Waals surface area contributed by atoms with Crippen molar-refractivity contribution in [1.82, 2.24) is 34.8 Å². The summed E-state index contributed by atoms with van der Waals surface area (Å²) in [4.78, 5) is 9.75. The van der Waals surface area contributed by atoms with Crippen molar-refractivity contribution >= 4 is 16.7 Å². The van der Waals surface area contributed by atoms with Gasteiger partial charge in [-0.3, -0.25) is 14.3 Å². The Morgan fingerprint density at radius 2 is 1.97 bits per heavy atom. The van der Waals surface area contributed by atoms with Gasteiger partial charge >= 0.3 is 0 Å². The molecule has 3 aromatic rings. The SMILES string of the molecule is C=C(CN1CC(C)C1)NC12CCC(Cn3nc(C)c4c3CCN(c3cc(C)nc5c3cnn5C)C4)(CC1)C2. The summed E-state index contributed by atoms with van der Waals surface area (Å²) in [5, 5.41) is 14.7. The van der Waals surface area contributed by atoms with Crippen LogP contribution < -0.4 is 10.2 Å². The zero-order chi connectivity index (χ0) is 26.2. The van der Waals surface area contributed by atoms with Crippen LogP contribution in [0.2, 0.25) is 0 Å². The van der Waals surface area contributed by atoms with Crippen LogP contribution in [-0.4, -0.2) is 61.2 Å². The highest BCUT2D eigenvalue weighted by Gasteiger charge is 2.54. The Morgan fingerprint density at radius 3 is 2.74 bits per heavy atom. The lowest BCUT2D eigenvalue weighted by Gasteiger charge is -2.39. The summed E-state index contributed by atoms with van der Waals surface area (Å²) in [6.45, 7) is 17.4. The molecule has 0 unspecified atom stereocenters. The summed E-state index contributed by atoms with van der Waals surface area (Å²) in [6.07, 6.45) is 9.37. The van der Waals surface area contributed by atoms with Crippen molar-refractivity contribution in [2.24, 2.45) is 18.4 Å². The molecule has 2 saturated carbocycles. The minimum absolute atomic E-state index is 0.251. The van der Waals surface area contributed by atoms with E-state index in [2.05, 4.69) is 58.3 Å². The highest BCUT2D eigenvalue weighted by Crippen LogP contribution is 2.57. The molecule has 3 aromatic heterocycles. The molecule has 7 rings (SSSR count). The molecule has 0 spiro atoms. The Labute approximate surface area is 226 Å². The lowest BCUT2D eigenvalue weighted by molar-refractivity contribution is 0.121. The van der Waals surface area contributed by atoms with E-state index >= 15 is 0 Å². The van der Waals surface area contributed by atoms with E-state index in [1.165, 1.54) is 73.5 Å². The van der Waals surface area contributed by atoms with Crippen molar-refractivity contribution in [1.29, 1.82) is 0 Å². The van der Waals surface area contributed by atoms with Crippen molar-refractivity contribution in [3.63, 3.8) is 0 Å². The number of rotatable bonds is 7. The van der Waals surface area contributed by atoms with E-state index in [9.17, 15) is 0 Å². The molecule has 3 fully saturated rings. The fraction of sp³-hybridized carbons (Fsp3) is 0.633. The number of nitrogens with zero attached hydrogens (tertiary/aromatic N) is 7. The van der Waals surface area contributed by atoms with Crippen LogP contribution in [-0.2, 0) is 26.6 Å². The lowest BCUT2D eigenvalue weighted by Crippen LogP contribution is -2.49. The van der Waals surface area contributed by atoms with Gasteiger partial charge in [0, 0.05) is 80.9 Å². The van der Waals surface area contributed by atoms with E-state index in [4.69, 9.17) is 10.1 Å². The topological polar surface area (TPSA) is 67.0 Å². The minimum Gasteiger partial charge on any atom is -0.382 e. The maximum Gasteiger partial charge on any atom is 0.159 e. The average Bonchev–Trinajstić information content (AvgIpc) is 3.59. The van der Waals surface area contributed by atoms with Crippen molar-refractivity contribution in [2.45, 2.75) is 77.9 Å². The molecule has 0 atom stereocenters. The van der Waals surface area contributed by atoms with Crippen LogP contribution in [0.15, 0.2) is 24.5 Å². The lowest BCUT2D eigenvalue weighted by atomic mass is 9.84. The number of pyridine rings is 1. The zero-order valence-corrected chi connectivity index (χ0v) is 23.6. The smallest absolute Gasteiger partial charge is 0.159 e. The molecule has 202 valence electrons. The van der Waals surface area contributed by atoms with Crippen molar-refractivity contribution in [3.05, 3.63) is 47.2 Å². The third kappa shape index (κ3) is 3.94. The maximum absolute atomic E-state index is 5.14.